The summed E-state index contributed by atoms with van der Waals surface area (Å²) in [5, 5.41) is 4.64. The summed E-state index contributed by atoms with van der Waals surface area (Å²) in [5.41, 5.74) is 3.62. The van der Waals surface area contributed by atoms with Crippen LogP contribution in [-0.2, 0) is 32.6 Å². The molecule has 1 aliphatic heterocycles. The molecular formula is C35H39N3O4S. The highest BCUT2D eigenvalue weighted by Gasteiger charge is 2.36. The lowest BCUT2D eigenvalue weighted by molar-refractivity contribution is -0.141. The van der Waals surface area contributed by atoms with Gasteiger partial charge in [-0.1, -0.05) is 98.3 Å². The van der Waals surface area contributed by atoms with Gasteiger partial charge in [-0.15, -0.1) is 0 Å². The van der Waals surface area contributed by atoms with E-state index >= 15 is 0 Å². The van der Waals surface area contributed by atoms with E-state index in [-0.39, 0.29) is 37.2 Å². The molecule has 0 unspecified atom stereocenters. The number of aryl methyl sites for hydroxylation is 1. The Hall–Kier alpha value is -4.17. The van der Waals surface area contributed by atoms with E-state index in [4.69, 9.17) is 0 Å². The second kappa shape index (κ2) is 13.0. The number of carbonyl (C=O) groups excluding carboxylic acids is 2. The predicted molar refractivity (Wildman–Crippen MR) is 171 cm³/mol. The van der Waals surface area contributed by atoms with Gasteiger partial charge >= 0.3 is 0 Å². The largest absolute Gasteiger partial charge is 0.354 e. The number of sulfonamides is 1. The molecule has 1 N–H and O–H groups in total. The molecule has 1 heterocycles. The van der Waals surface area contributed by atoms with Gasteiger partial charge in [0.15, 0.2) is 0 Å². The number of anilines is 1. The fourth-order valence-corrected chi connectivity index (χ4v) is 7.45. The van der Waals surface area contributed by atoms with E-state index in [1.807, 2.05) is 99.6 Å². The molecule has 43 heavy (non-hydrogen) atoms. The highest BCUT2D eigenvalue weighted by Crippen LogP contribution is 2.42. The van der Waals surface area contributed by atoms with Crippen LogP contribution in [0, 0.1) is 12.8 Å². The van der Waals surface area contributed by atoms with Gasteiger partial charge in [-0.2, -0.15) is 0 Å². The molecule has 0 saturated carbocycles. The van der Waals surface area contributed by atoms with Gasteiger partial charge in [0.2, 0.25) is 11.8 Å². The highest BCUT2D eigenvalue weighted by molar-refractivity contribution is 7.93. The molecule has 4 aromatic carbocycles. The molecule has 2 amide bonds. The number of nitrogens with zero attached hydrogens (tertiary/aromatic N) is 2. The van der Waals surface area contributed by atoms with Crippen LogP contribution in [0.15, 0.2) is 95.9 Å². The van der Waals surface area contributed by atoms with Crippen molar-refractivity contribution in [1.82, 2.24) is 10.2 Å². The Morgan fingerprint density at radius 2 is 1.58 bits per heavy atom. The number of nitrogens with one attached hydrogen (secondary N) is 1. The van der Waals surface area contributed by atoms with Gasteiger partial charge in [0.25, 0.3) is 10.0 Å². The summed E-state index contributed by atoms with van der Waals surface area (Å²) in [7, 11) is -3.71. The van der Waals surface area contributed by atoms with Crippen LogP contribution in [0.5, 0.6) is 0 Å². The van der Waals surface area contributed by atoms with Crippen LogP contribution in [0.3, 0.4) is 0 Å². The lowest BCUT2D eigenvalue weighted by Gasteiger charge is -2.32. The topological polar surface area (TPSA) is 86.8 Å². The minimum absolute atomic E-state index is 0.104. The minimum Gasteiger partial charge on any atom is -0.354 e. The number of carbonyl (C=O) groups is 2. The maximum absolute atomic E-state index is 14.0. The third-order valence-electron chi connectivity index (χ3n) is 7.82. The SMILES string of the molecule is Cc1cccc(CN(C(=O)CCCN2c3cccc4cccc(c34)S2(=O)=O)[C@H](Cc2ccccc2)C(=O)NCC(C)C)c1. The van der Waals surface area contributed by atoms with Gasteiger partial charge in [-0.05, 0) is 47.9 Å². The second-order valence-corrected chi connectivity index (χ2v) is 13.5. The van der Waals surface area contributed by atoms with E-state index in [0.29, 0.717) is 30.0 Å². The number of rotatable bonds is 12. The number of hydrogen-bond acceptors (Lipinski definition) is 4. The Morgan fingerprint density at radius 1 is 0.884 bits per heavy atom. The molecule has 7 nitrogen and oxygen atoms in total. The van der Waals surface area contributed by atoms with Crippen molar-refractivity contribution in [2.45, 2.75) is 57.5 Å². The maximum atomic E-state index is 14.0. The molecule has 0 aliphatic carbocycles. The van der Waals surface area contributed by atoms with Crippen LogP contribution in [-0.4, -0.2) is 44.3 Å². The van der Waals surface area contributed by atoms with Crippen molar-refractivity contribution in [2.24, 2.45) is 5.92 Å². The van der Waals surface area contributed by atoms with Gasteiger partial charge in [-0.25, -0.2) is 8.42 Å². The number of amides is 2. The van der Waals surface area contributed by atoms with E-state index in [0.717, 1.165) is 27.5 Å². The first-order valence-corrected chi connectivity index (χ1v) is 16.3. The summed E-state index contributed by atoms with van der Waals surface area (Å²) in [6.07, 6.45) is 0.797. The zero-order valence-electron chi connectivity index (χ0n) is 25.0. The van der Waals surface area contributed by atoms with Crippen LogP contribution in [0.2, 0.25) is 0 Å². The zero-order valence-corrected chi connectivity index (χ0v) is 25.8. The average molecular weight is 598 g/mol. The number of benzene rings is 4. The smallest absolute Gasteiger partial charge is 0.265 e. The molecule has 4 aromatic rings. The fraction of sp³-hybridized carbons (Fsp3) is 0.314. The summed E-state index contributed by atoms with van der Waals surface area (Å²) in [6.45, 7) is 7.03. The van der Waals surface area contributed by atoms with Crippen molar-refractivity contribution < 1.29 is 18.0 Å². The summed E-state index contributed by atoms with van der Waals surface area (Å²) in [5.74, 6) is -0.115. The Balaban J connectivity index is 1.39. The third-order valence-corrected chi connectivity index (χ3v) is 9.68. The minimum atomic E-state index is -3.71. The standard InChI is InChI=1S/C35H39N3O4S/c1-25(2)23-36-35(40)31(22-27-12-5-4-6-13-27)37(24-28-14-7-11-26(3)21-28)33(39)19-10-20-38-30-17-8-15-29-16-9-18-32(34(29)30)43(38,41)42/h4-9,11-18,21,25,31H,10,19-20,22-24H2,1-3H3,(H,36,40)/t31-/m1/s1. The number of hydrogen-bond donors (Lipinski definition) is 1. The molecule has 8 heteroatoms. The average Bonchev–Trinajstić information content (AvgIpc) is 3.21. The van der Waals surface area contributed by atoms with Crippen LogP contribution >= 0.6 is 0 Å². The zero-order chi connectivity index (χ0) is 30.6. The van der Waals surface area contributed by atoms with Gasteiger partial charge in [0.05, 0.1) is 10.6 Å². The first-order chi connectivity index (χ1) is 20.6. The molecule has 0 bridgehead atoms. The molecule has 0 fully saturated rings. The molecule has 5 rings (SSSR count). The van der Waals surface area contributed by atoms with Crippen LogP contribution in [0.4, 0.5) is 5.69 Å². The van der Waals surface area contributed by atoms with Crippen molar-refractivity contribution in [2.75, 3.05) is 17.4 Å². The van der Waals surface area contributed by atoms with Crippen molar-refractivity contribution in [1.29, 1.82) is 0 Å². The summed E-state index contributed by atoms with van der Waals surface area (Å²) < 4.78 is 28.3. The van der Waals surface area contributed by atoms with Crippen LogP contribution in [0.25, 0.3) is 10.8 Å². The first kappa shape index (κ1) is 30.3. The van der Waals surface area contributed by atoms with Gasteiger partial charge < -0.3 is 10.2 Å². The lowest BCUT2D eigenvalue weighted by Crippen LogP contribution is -2.51. The molecule has 1 atom stereocenters. The van der Waals surface area contributed by atoms with Crippen LogP contribution < -0.4 is 9.62 Å². The highest BCUT2D eigenvalue weighted by atomic mass is 32.2. The maximum Gasteiger partial charge on any atom is 0.265 e. The van der Waals surface area contributed by atoms with E-state index < -0.39 is 16.1 Å². The quantitative estimate of drug-likeness (QED) is 0.222. The van der Waals surface area contributed by atoms with E-state index in [1.165, 1.54) is 4.31 Å². The van der Waals surface area contributed by atoms with Crippen molar-refractivity contribution in [3.05, 3.63) is 108 Å². The molecule has 0 spiro atoms. The third kappa shape index (κ3) is 6.75. The Labute approximate surface area is 254 Å². The molecular weight excluding hydrogens is 558 g/mol. The van der Waals surface area contributed by atoms with Crippen molar-refractivity contribution >= 4 is 38.3 Å². The lowest BCUT2D eigenvalue weighted by atomic mass is 10.0. The summed E-state index contributed by atoms with van der Waals surface area (Å²) in [6, 6.07) is 27.8. The van der Waals surface area contributed by atoms with E-state index in [9.17, 15) is 18.0 Å². The monoisotopic (exact) mass is 597 g/mol. The van der Waals surface area contributed by atoms with Crippen LogP contribution in [0.1, 0.15) is 43.4 Å². The molecule has 0 saturated heterocycles. The molecule has 0 aromatic heterocycles. The molecule has 224 valence electrons. The molecule has 0 radical (unpaired) electrons. The van der Waals surface area contributed by atoms with Crippen molar-refractivity contribution in [3.63, 3.8) is 0 Å². The Bertz CT molecular complexity index is 1710. The van der Waals surface area contributed by atoms with Gasteiger partial charge in [0.1, 0.15) is 6.04 Å². The Morgan fingerprint density at radius 3 is 2.30 bits per heavy atom. The van der Waals surface area contributed by atoms with Crippen molar-refractivity contribution in [3.8, 4) is 0 Å². The normalized spacial score (nSPS) is 14.2. The summed E-state index contributed by atoms with van der Waals surface area (Å²) >= 11 is 0. The molecule has 1 aliphatic rings. The van der Waals surface area contributed by atoms with Gasteiger partial charge in [-0.3, -0.25) is 13.9 Å². The van der Waals surface area contributed by atoms with E-state index in [1.54, 1.807) is 17.0 Å². The van der Waals surface area contributed by atoms with E-state index in [2.05, 4.69) is 5.32 Å². The van der Waals surface area contributed by atoms with Gasteiger partial charge in [0, 0.05) is 37.9 Å². The Kier molecular flexibility index (Phi) is 9.16. The summed E-state index contributed by atoms with van der Waals surface area (Å²) in [4.78, 5) is 29.7. The second-order valence-electron chi connectivity index (χ2n) is 11.7. The fourth-order valence-electron chi connectivity index (χ4n) is 5.70. The first-order valence-electron chi connectivity index (χ1n) is 14.9. The predicted octanol–water partition coefficient (Wildman–Crippen LogP) is 5.85.